The summed E-state index contributed by atoms with van der Waals surface area (Å²) in [6, 6.07) is 6.29. The van der Waals surface area contributed by atoms with E-state index in [0.29, 0.717) is 22.3 Å². The van der Waals surface area contributed by atoms with Gasteiger partial charge in [-0.3, -0.25) is 4.98 Å². The van der Waals surface area contributed by atoms with Crippen molar-refractivity contribution in [2.45, 2.75) is 40.7 Å². The minimum absolute atomic E-state index is 0.282. The normalized spacial score (nSPS) is 21.6. The smallest absolute Gasteiger partial charge is 0.408 e. The standard InChI is InChI=1S/C17H24N2O2/c1-6-18-13(14-16(2,3)17(14,4)5)10-7-8-11-12(9-10)21-15(20)19-11/h7-9,13-14,18H,6H2,1-5H3,(H,19,20). The third-order valence-corrected chi connectivity index (χ3v) is 5.69. The zero-order valence-corrected chi connectivity index (χ0v) is 13.4. The van der Waals surface area contributed by atoms with Gasteiger partial charge in [0.05, 0.1) is 5.52 Å². The number of rotatable bonds is 4. The van der Waals surface area contributed by atoms with Crippen LogP contribution in [0.5, 0.6) is 0 Å². The first kappa shape index (κ1) is 14.4. The molecule has 3 rings (SSSR count). The lowest BCUT2D eigenvalue weighted by Crippen LogP contribution is -2.25. The Morgan fingerprint density at radius 1 is 1.29 bits per heavy atom. The molecule has 1 aliphatic carbocycles. The minimum Gasteiger partial charge on any atom is -0.408 e. The molecular weight excluding hydrogens is 264 g/mol. The van der Waals surface area contributed by atoms with Crippen LogP contribution < -0.4 is 11.1 Å². The molecular formula is C17H24N2O2. The van der Waals surface area contributed by atoms with Crippen molar-refractivity contribution in [2.75, 3.05) is 6.54 Å². The summed E-state index contributed by atoms with van der Waals surface area (Å²) in [4.78, 5) is 14.0. The molecule has 4 heteroatoms. The van der Waals surface area contributed by atoms with Crippen LogP contribution in [-0.4, -0.2) is 11.5 Å². The lowest BCUT2D eigenvalue weighted by atomic mass is 9.96. The average Bonchev–Trinajstić information content (AvgIpc) is 2.70. The Morgan fingerprint density at radius 3 is 2.52 bits per heavy atom. The Hall–Kier alpha value is -1.55. The molecule has 2 aromatic rings. The first-order chi connectivity index (χ1) is 9.79. The highest BCUT2D eigenvalue weighted by atomic mass is 16.4. The molecule has 114 valence electrons. The summed E-state index contributed by atoms with van der Waals surface area (Å²) in [7, 11) is 0. The maximum absolute atomic E-state index is 11.3. The fourth-order valence-electron chi connectivity index (χ4n) is 3.88. The second kappa shape index (κ2) is 4.47. The summed E-state index contributed by atoms with van der Waals surface area (Å²) in [5.41, 5.74) is 3.18. The summed E-state index contributed by atoms with van der Waals surface area (Å²) in [6.45, 7) is 12.4. The first-order valence-electron chi connectivity index (χ1n) is 7.65. The van der Waals surface area contributed by atoms with Crippen molar-refractivity contribution in [3.05, 3.63) is 34.3 Å². The quantitative estimate of drug-likeness (QED) is 0.906. The fraction of sp³-hybridized carbons (Fsp3) is 0.588. The van der Waals surface area contributed by atoms with Crippen molar-refractivity contribution in [3.63, 3.8) is 0 Å². The largest absolute Gasteiger partial charge is 0.417 e. The Bertz CT molecular complexity index is 710. The van der Waals surface area contributed by atoms with Gasteiger partial charge in [-0.25, -0.2) is 4.79 Å². The second-order valence-corrected chi connectivity index (χ2v) is 7.23. The number of hydrogen-bond donors (Lipinski definition) is 2. The number of aromatic amines is 1. The van der Waals surface area contributed by atoms with Gasteiger partial charge in [0.25, 0.3) is 0 Å². The fourth-order valence-corrected chi connectivity index (χ4v) is 3.88. The molecule has 1 aliphatic rings. The van der Waals surface area contributed by atoms with Gasteiger partial charge in [-0.2, -0.15) is 0 Å². The van der Waals surface area contributed by atoms with Gasteiger partial charge < -0.3 is 9.73 Å². The van der Waals surface area contributed by atoms with E-state index in [1.165, 1.54) is 5.56 Å². The van der Waals surface area contributed by atoms with E-state index in [0.717, 1.165) is 12.1 Å². The van der Waals surface area contributed by atoms with E-state index in [1.54, 1.807) is 0 Å². The molecule has 1 heterocycles. The Labute approximate surface area is 124 Å². The zero-order valence-electron chi connectivity index (χ0n) is 13.4. The Balaban J connectivity index is 2.02. The van der Waals surface area contributed by atoms with Gasteiger partial charge in [0.2, 0.25) is 0 Å². The summed E-state index contributed by atoms with van der Waals surface area (Å²) >= 11 is 0. The number of oxazole rings is 1. The minimum atomic E-state index is -0.394. The molecule has 1 aromatic heterocycles. The van der Waals surface area contributed by atoms with Gasteiger partial charge in [0.15, 0.2) is 5.58 Å². The van der Waals surface area contributed by atoms with Crippen LogP contribution in [0.1, 0.15) is 46.2 Å². The summed E-state index contributed by atoms with van der Waals surface area (Å²) in [5, 5.41) is 3.61. The number of aromatic nitrogens is 1. The van der Waals surface area contributed by atoms with Crippen molar-refractivity contribution < 1.29 is 4.42 Å². The average molecular weight is 288 g/mol. The van der Waals surface area contributed by atoms with Crippen LogP contribution >= 0.6 is 0 Å². The van der Waals surface area contributed by atoms with Crippen LogP contribution in [0.15, 0.2) is 27.4 Å². The highest BCUT2D eigenvalue weighted by Gasteiger charge is 2.67. The van der Waals surface area contributed by atoms with Gasteiger partial charge in [-0.1, -0.05) is 40.7 Å². The number of hydrogen-bond acceptors (Lipinski definition) is 3. The van der Waals surface area contributed by atoms with Crippen LogP contribution in [0.2, 0.25) is 0 Å². The van der Waals surface area contributed by atoms with E-state index < -0.39 is 5.76 Å². The van der Waals surface area contributed by atoms with Crippen LogP contribution in [0.3, 0.4) is 0 Å². The van der Waals surface area contributed by atoms with Crippen molar-refractivity contribution in [1.29, 1.82) is 0 Å². The number of fused-ring (bicyclic) bond motifs is 1. The molecule has 1 atom stereocenters. The maximum atomic E-state index is 11.3. The third-order valence-electron chi connectivity index (χ3n) is 5.69. The molecule has 0 spiro atoms. The van der Waals surface area contributed by atoms with Gasteiger partial charge in [-0.15, -0.1) is 0 Å². The SMILES string of the molecule is CCNC(c1ccc2[nH]c(=O)oc2c1)C1C(C)(C)C1(C)C. The van der Waals surface area contributed by atoms with Crippen molar-refractivity contribution in [3.8, 4) is 0 Å². The van der Waals surface area contributed by atoms with E-state index in [1.807, 2.05) is 12.1 Å². The number of nitrogens with one attached hydrogen (secondary N) is 2. The molecule has 2 N–H and O–H groups in total. The lowest BCUT2D eigenvalue weighted by molar-refractivity contribution is 0.418. The molecule has 0 saturated heterocycles. The van der Waals surface area contributed by atoms with Crippen LogP contribution in [0.25, 0.3) is 11.1 Å². The van der Waals surface area contributed by atoms with Crippen molar-refractivity contribution in [1.82, 2.24) is 10.3 Å². The summed E-state index contributed by atoms with van der Waals surface area (Å²) in [6.07, 6.45) is 0. The predicted octanol–water partition coefficient (Wildman–Crippen LogP) is 3.45. The van der Waals surface area contributed by atoms with Crippen molar-refractivity contribution in [2.24, 2.45) is 16.7 Å². The van der Waals surface area contributed by atoms with Crippen LogP contribution in [-0.2, 0) is 0 Å². The van der Waals surface area contributed by atoms with E-state index in [-0.39, 0.29) is 6.04 Å². The first-order valence-corrected chi connectivity index (χ1v) is 7.65. The molecule has 4 nitrogen and oxygen atoms in total. The molecule has 0 aliphatic heterocycles. The zero-order chi connectivity index (χ0) is 15.4. The molecule has 0 radical (unpaired) electrons. The molecule has 1 unspecified atom stereocenters. The van der Waals surface area contributed by atoms with Gasteiger partial charge in [0, 0.05) is 6.04 Å². The summed E-state index contributed by atoms with van der Waals surface area (Å²) < 4.78 is 5.20. The molecule has 1 aromatic carbocycles. The van der Waals surface area contributed by atoms with E-state index >= 15 is 0 Å². The summed E-state index contributed by atoms with van der Waals surface area (Å²) in [5.74, 6) is 0.169. The molecule has 0 bridgehead atoms. The van der Waals surface area contributed by atoms with Crippen LogP contribution in [0.4, 0.5) is 0 Å². The number of H-pyrrole nitrogens is 1. The van der Waals surface area contributed by atoms with Crippen molar-refractivity contribution >= 4 is 11.1 Å². The van der Waals surface area contributed by atoms with Gasteiger partial charge in [-0.05, 0) is 41.0 Å². The highest BCUT2D eigenvalue weighted by Crippen LogP contribution is 2.72. The molecule has 21 heavy (non-hydrogen) atoms. The van der Waals surface area contributed by atoms with Crippen LogP contribution in [0, 0.1) is 16.7 Å². The molecule has 1 saturated carbocycles. The molecule has 1 fully saturated rings. The third kappa shape index (κ3) is 2.04. The molecule has 0 amide bonds. The van der Waals surface area contributed by atoms with Gasteiger partial charge in [0.1, 0.15) is 0 Å². The van der Waals surface area contributed by atoms with Gasteiger partial charge >= 0.3 is 5.76 Å². The Kier molecular flexibility index (Phi) is 3.06. The monoisotopic (exact) mass is 288 g/mol. The van der Waals surface area contributed by atoms with E-state index in [9.17, 15) is 4.79 Å². The van der Waals surface area contributed by atoms with E-state index in [2.05, 4.69) is 51.0 Å². The topological polar surface area (TPSA) is 58.0 Å². The highest BCUT2D eigenvalue weighted by molar-refractivity contribution is 5.73. The lowest BCUT2D eigenvalue weighted by Gasteiger charge is -2.20. The maximum Gasteiger partial charge on any atom is 0.417 e. The number of benzene rings is 1. The second-order valence-electron chi connectivity index (χ2n) is 7.23. The Morgan fingerprint density at radius 2 is 1.95 bits per heavy atom. The van der Waals surface area contributed by atoms with E-state index in [4.69, 9.17) is 4.42 Å². The predicted molar refractivity (Wildman–Crippen MR) is 84.3 cm³/mol.